The van der Waals surface area contributed by atoms with Gasteiger partial charge in [-0.25, -0.2) is 17.5 Å². The highest BCUT2D eigenvalue weighted by atomic mass is 35.5. The maximum Gasteiger partial charge on any atom is 0.338 e. The number of nitrogens with zero attached hydrogens (tertiary/aromatic N) is 1. The van der Waals surface area contributed by atoms with Crippen LogP contribution in [0.15, 0.2) is 47.4 Å². The number of sulfonamides is 1. The van der Waals surface area contributed by atoms with Crippen molar-refractivity contribution in [2.75, 3.05) is 27.3 Å². The van der Waals surface area contributed by atoms with Crippen LogP contribution in [0, 0.1) is 0 Å². The summed E-state index contributed by atoms with van der Waals surface area (Å²) in [7, 11) is -1.01. The molecule has 0 radical (unpaired) electrons. The van der Waals surface area contributed by atoms with E-state index in [4.69, 9.17) is 32.7 Å². The zero-order chi connectivity index (χ0) is 19.3. The highest BCUT2D eigenvalue weighted by Crippen LogP contribution is 2.25. The number of benzene rings is 2. The Morgan fingerprint density at radius 2 is 1.81 bits per heavy atom. The molecule has 0 aliphatic rings. The number of esters is 1. The topological polar surface area (TPSA) is 72.9 Å². The van der Waals surface area contributed by atoms with Gasteiger partial charge in [-0.05, 0) is 36.4 Å². The third-order valence-corrected chi connectivity index (χ3v) is 5.84. The van der Waals surface area contributed by atoms with Crippen LogP contribution in [0.2, 0.25) is 10.0 Å². The van der Waals surface area contributed by atoms with Crippen LogP contribution in [-0.2, 0) is 14.8 Å². The largest absolute Gasteiger partial charge is 0.490 e. The minimum absolute atomic E-state index is 0.0102. The lowest BCUT2D eigenvalue weighted by Crippen LogP contribution is -2.23. The summed E-state index contributed by atoms with van der Waals surface area (Å²) in [5, 5.41) is 0.565. The van der Waals surface area contributed by atoms with Gasteiger partial charge in [0.2, 0.25) is 10.0 Å². The van der Waals surface area contributed by atoms with Gasteiger partial charge in [0, 0.05) is 19.1 Å². The van der Waals surface area contributed by atoms with Crippen molar-refractivity contribution in [3.8, 4) is 5.75 Å². The van der Waals surface area contributed by atoms with E-state index >= 15 is 0 Å². The standard InChI is InChI=1S/C17H17Cl2NO5S/c1-20(2)26(22,23)16-10-12(6-7-15(16)19)17(21)25-9-8-24-14-5-3-4-13(18)11-14/h3-7,10-11H,8-9H2,1-2H3. The minimum atomic E-state index is -3.77. The summed E-state index contributed by atoms with van der Waals surface area (Å²) in [5.74, 6) is -0.119. The third-order valence-electron chi connectivity index (χ3n) is 3.31. The molecule has 0 amide bonds. The van der Waals surface area contributed by atoms with Crippen LogP contribution in [0.25, 0.3) is 0 Å². The molecule has 0 fully saturated rings. The second-order valence-electron chi connectivity index (χ2n) is 5.37. The number of hydrogen-bond donors (Lipinski definition) is 0. The molecule has 0 atom stereocenters. The van der Waals surface area contributed by atoms with Gasteiger partial charge in [0.1, 0.15) is 23.9 Å². The zero-order valence-electron chi connectivity index (χ0n) is 14.1. The molecule has 2 aromatic rings. The number of carbonyl (C=O) groups is 1. The summed E-state index contributed by atoms with van der Waals surface area (Å²) in [4.78, 5) is 12.0. The summed E-state index contributed by atoms with van der Waals surface area (Å²) in [6, 6.07) is 10.8. The predicted molar refractivity (Wildman–Crippen MR) is 99.6 cm³/mol. The molecule has 0 bridgehead atoms. The quantitative estimate of drug-likeness (QED) is 0.509. The molecule has 26 heavy (non-hydrogen) atoms. The summed E-state index contributed by atoms with van der Waals surface area (Å²) < 4.78 is 36.0. The predicted octanol–water partition coefficient (Wildman–Crippen LogP) is 3.48. The van der Waals surface area contributed by atoms with Crippen molar-refractivity contribution in [2.24, 2.45) is 0 Å². The van der Waals surface area contributed by atoms with E-state index in [-0.39, 0.29) is 28.7 Å². The number of carbonyl (C=O) groups excluding carboxylic acids is 1. The summed E-state index contributed by atoms with van der Waals surface area (Å²) in [6.45, 7) is 0.117. The van der Waals surface area contributed by atoms with Crippen molar-refractivity contribution in [1.29, 1.82) is 0 Å². The first-order valence-electron chi connectivity index (χ1n) is 7.49. The van der Waals surface area contributed by atoms with Gasteiger partial charge in [-0.2, -0.15) is 0 Å². The smallest absolute Gasteiger partial charge is 0.338 e. The fraction of sp³-hybridized carbons (Fsp3) is 0.235. The van der Waals surface area contributed by atoms with Crippen molar-refractivity contribution < 1.29 is 22.7 Å². The Morgan fingerprint density at radius 1 is 1.08 bits per heavy atom. The van der Waals surface area contributed by atoms with E-state index in [1.807, 2.05) is 0 Å². The average Bonchev–Trinajstić information content (AvgIpc) is 2.58. The Kier molecular flexibility index (Phi) is 6.88. The summed E-state index contributed by atoms with van der Waals surface area (Å²) in [6.07, 6.45) is 0. The van der Waals surface area contributed by atoms with E-state index in [9.17, 15) is 13.2 Å². The molecule has 0 unspecified atom stereocenters. The van der Waals surface area contributed by atoms with Crippen LogP contribution in [0.1, 0.15) is 10.4 Å². The Morgan fingerprint density at radius 3 is 2.46 bits per heavy atom. The number of ether oxygens (including phenoxy) is 2. The molecular formula is C17H17Cl2NO5S. The van der Waals surface area contributed by atoms with Crippen molar-refractivity contribution in [3.63, 3.8) is 0 Å². The molecule has 0 saturated heterocycles. The molecule has 9 heteroatoms. The lowest BCUT2D eigenvalue weighted by atomic mass is 10.2. The maximum atomic E-state index is 12.2. The molecule has 6 nitrogen and oxygen atoms in total. The molecule has 140 valence electrons. The van der Waals surface area contributed by atoms with Gasteiger partial charge < -0.3 is 9.47 Å². The highest BCUT2D eigenvalue weighted by Gasteiger charge is 2.22. The molecule has 2 aromatic carbocycles. The van der Waals surface area contributed by atoms with Crippen LogP contribution in [-0.4, -0.2) is 46.0 Å². The summed E-state index contributed by atoms with van der Waals surface area (Å²) >= 11 is 11.8. The number of hydrogen-bond acceptors (Lipinski definition) is 5. The Hall–Kier alpha value is -1.80. The summed E-state index contributed by atoms with van der Waals surface area (Å²) in [5.41, 5.74) is 0.0811. The lowest BCUT2D eigenvalue weighted by Gasteiger charge is -2.13. The van der Waals surface area contributed by atoms with Crippen LogP contribution in [0.3, 0.4) is 0 Å². The first-order valence-corrected chi connectivity index (χ1v) is 9.69. The fourth-order valence-corrected chi connectivity index (χ4v) is 3.53. The normalized spacial score (nSPS) is 11.4. The Labute approximate surface area is 162 Å². The number of rotatable bonds is 7. The molecule has 0 N–H and O–H groups in total. The van der Waals surface area contributed by atoms with Crippen LogP contribution >= 0.6 is 23.2 Å². The van der Waals surface area contributed by atoms with Crippen LogP contribution < -0.4 is 4.74 Å². The van der Waals surface area contributed by atoms with E-state index in [0.29, 0.717) is 10.8 Å². The maximum absolute atomic E-state index is 12.2. The monoisotopic (exact) mass is 417 g/mol. The molecular weight excluding hydrogens is 401 g/mol. The first-order chi connectivity index (χ1) is 12.2. The van der Waals surface area contributed by atoms with E-state index in [0.717, 1.165) is 4.31 Å². The second-order valence-corrected chi connectivity index (χ2v) is 8.34. The average molecular weight is 418 g/mol. The highest BCUT2D eigenvalue weighted by molar-refractivity contribution is 7.89. The third kappa shape index (κ3) is 5.11. The van der Waals surface area contributed by atoms with E-state index in [1.165, 1.54) is 32.3 Å². The van der Waals surface area contributed by atoms with Gasteiger partial charge >= 0.3 is 5.97 Å². The van der Waals surface area contributed by atoms with Crippen molar-refractivity contribution in [1.82, 2.24) is 4.31 Å². The van der Waals surface area contributed by atoms with Gasteiger partial charge in [0.25, 0.3) is 0 Å². The second kappa shape index (κ2) is 8.73. The molecule has 0 aliphatic carbocycles. The molecule has 0 aliphatic heterocycles. The van der Waals surface area contributed by atoms with Gasteiger partial charge in [0.15, 0.2) is 0 Å². The molecule has 0 heterocycles. The Balaban J connectivity index is 1.99. The molecule has 0 aromatic heterocycles. The van der Waals surface area contributed by atoms with E-state index in [1.54, 1.807) is 24.3 Å². The van der Waals surface area contributed by atoms with Crippen molar-refractivity contribution in [2.45, 2.75) is 4.90 Å². The van der Waals surface area contributed by atoms with E-state index < -0.39 is 16.0 Å². The van der Waals surface area contributed by atoms with Crippen molar-refractivity contribution in [3.05, 3.63) is 58.1 Å². The van der Waals surface area contributed by atoms with Gasteiger partial charge in [-0.3, -0.25) is 0 Å². The molecule has 0 spiro atoms. The minimum Gasteiger partial charge on any atom is -0.490 e. The SMILES string of the molecule is CN(C)S(=O)(=O)c1cc(C(=O)OCCOc2cccc(Cl)c2)ccc1Cl. The van der Waals surface area contributed by atoms with Gasteiger partial charge in [0.05, 0.1) is 10.6 Å². The van der Waals surface area contributed by atoms with E-state index in [2.05, 4.69) is 0 Å². The Bertz CT molecular complexity index is 900. The zero-order valence-corrected chi connectivity index (χ0v) is 16.4. The molecule has 0 saturated carbocycles. The number of halogens is 2. The van der Waals surface area contributed by atoms with Crippen LogP contribution in [0.4, 0.5) is 0 Å². The fourth-order valence-electron chi connectivity index (χ4n) is 1.96. The van der Waals surface area contributed by atoms with Crippen LogP contribution in [0.5, 0.6) is 5.75 Å². The van der Waals surface area contributed by atoms with Crippen molar-refractivity contribution >= 4 is 39.2 Å². The molecule has 2 rings (SSSR count). The lowest BCUT2D eigenvalue weighted by molar-refractivity contribution is 0.0450. The van der Waals surface area contributed by atoms with Gasteiger partial charge in [-0.1, -0.05) is 29.3 Å². The van der Waals surface area contributed by atoms with Gasteiger partial charge in [-0.15, -0.1) is 0 Å². The first kappa shape index (κ1) is 20.5.